The third-order valence-electron chi connectivity index (χ3n) is 5.15. The molecule has 0 spiro atoms. The quantitative estimate of drug-likeness (QED) is 0.859. The number of hydrogen-bond acceptors (Lipinski definition) is 4. The first-order valence-electron chi connectivity index (χ1n) is 8.15. The molecule has 0 aliphatic carbocycles. The van der Waals surface area contributed by atoms with Gasteiger partial charge in [0, 0.05) is 42.9 Å². The van der Waals surface area contributed by atoms with Crippen molar-refractivity contribution in [3.63, 3.8) is 0 Å². The molecule has 1 N–H and O–H groups in total. The van der Waals surface area contributed by atoms with Gasteiger partial charge in [-0.2, -0.15) is 4.39 Å². The normalized spacial score (nSPS) is 28.8. The van der Waals surface area contributed by atoms with Gasteiger partial charge in [0.25, 0.3) is 5.91 Å². The Balaban J connectivity index is 1.62. The molecule has 2 saturated heterocycles. The first-order chi connectivity index (χ1) is 11.6. The summed E-state index contributed by atoms with van der Waals surface area (Å²) in [6.07, 6.45) is 5.24. The number of carbonyl (C=O) groups is 1. The molecule has 2 aromatic heterocycles. The van der Waals surface area contributed by atoms with E-state index in [9.17, 15) is 14.3 Å². The standard InChI is InChI=1S/C18H18FN3O2/c19-16-14(4-3-9-21-16)18(24)10-12-6-7-13(11-18)22(12)17(23)15-5-1-2-8-20-15/h1-5,8-9,12-13,24H,6-7,10-11H2/t12-,13+,18?. The van der Waals surface area contributed by atoms with Crippen molar-refractivity contribution in [2.45, 2.75) is 43.4 Å². The van der Waals surface area contributed by atoms with Gasteiger partial charge in [0.15, 0.2) is 0 Å². The molecule has 24 heavy (non-hydrogen) atoms. The van der Waals surface area contributed by atoms with E-state index in [2.05, 4.69) is 9.97 Å². The van der Waals surface area contributed by atoms with Gasteiger partial charge >= 0.3 is 0 Å². The highest BCUT2D eigenvalue weighted by molar-refractivity contribution is 5.93. The third kappa shape index (κ3) is 2.38. The summed E-state index contributed by atoms with van der Waals surface area (Å²) in [6, 6.07) is 8.25. The van der Waals surface area contributed by atoms with E-state index >= 15 is 0 Å². The number of rotatable bonds is 2. The maximum atomic E-state index is 14.1. The van der Waals surface area contributed by atoms with Crippen LogP contribution in [0.4, 0.5) is 4.39 Å². The SMILES string of the molecule is O=C(c1ccccn1)N1[C@@H]2CC[C@H]1CC(O)(c1cccnc1F)C2. The van der Waals surface area contributed by atoms with Crippen LogP contribution in [0.5, 0.6) is 0 Å². The molecule has 3 atom stereocenters. The van der Waals surface area contributed by atoms with Crippen LogP contribution >= 0.6 is 0 Å². The second kappa shape index (κ2) is 5.63. The lowest BCUT2D eigenvalue weighted by Gasteiger charge is -2.43. The summed E-state index contributed by atoms with van der Waals surface area (Å²) in [6.45, 7) is 0. The number of halogens is 1. The molecule has 0 saturated carbocycles. The van der Waals surface area contributed by atoms with Crippen LogP contribution in [0.3, 0.4) is 0 Å². The molecule has 1 amide bonds. The highest BCUT2D eigenvalue weighted by Gasteiger charge is 2.51. The predicted molar refractivity (Wildman–Crippen MR) is 84.5 cm³/mol. The van der Waals surface area contributed by atoms with E-state index in [1.165, 1.54) is 6.20 Å². The summed E-state index contributed by atoms with van der Waals surface area (Å²) in [4.78, 5) is 22.4. The van der Waals surface area contributed by atoms with Gasteiger partial charge in [0.2, 0.25) is 5.95 Å². The molecule has 0 aromatic carbocycles. The molecule has 2 fully saturated rings. The maximum absolute atomic E-state index is 14.1. The first kappa shape index (κ1) is 15.2. The van der Waals surface area contributed by atoms with Crippen LogP contribution in [-0.4, -0.2) is 38.0 Å². The fourth-order valence-corrected chi connectivity index (χ4v) is 4.13. The summed E-state index contributed by atoms with van der Waals surface area (Å²) >= 11 is 0. The zero-order valence-electron chi connectivity index (χ0n) is 13.1. The number of amides is 1. The Hall–Kier alpha value is -2.34. The first-order valence-corrected chi connectivity index (χ1v) is 8.15. The Morgan fingerprint density at radius 1 is 1.12 bits per heavy atom. The summed E-state index contributed by atoms with van der Waals surface area (Å²) in [5.41, 5.74) is -0.635. The largest absolute Gasteiger partial charge is 0.385 e. The van der Waals surface area contributed by atoms with Crippen molar-refractivity contribution in [3.05, 3.63) is 59.9 Å². The van der Waals surface area contributed by atoms with Gasteiger partial charge in [-0.15, -0.1) is 0 Å². The Kier molecular flexibility index (Phi) is 3.57. The van der Waals surface area contributed by atoms with Crippen molar-refractivity contribution in [1.29, 1.82) is 0 Å². The van der Waals surface area contributed by atoms with Gasteiger partial charge in [0.1, 0.15) is 5.69 Å². The van der Waals surface area contributed by atoms with E-state index < -0.39 is 11.5 Å². The Labute approximate surface area is 139 Å². The summed E-state index contributed by atoms with van der Waals surface area (Å²) < 4.78 is 14.1. The zero-order chi connectivity index (χ0) is 16.7. The number of aliphatic hydroxyl groups is 1. The lowest BCUT2D eigenvalue weighted by Crippen LogP contribution is -2.52. The molecule has 6 heteroatoms. The average molecular weight is 327 g/mol. The number of carbonyl (C=O) groups excluding carboxylic acids is 1. The van der Waals surface area contributed by atoms with Gasteiger partial charge in [-0.1, -0.05) is 12.1 Å². The van der Waals surface area contributed by atoms with Gasteiger partial charge in [-0.25, -0.2) is 4.98 Å². The number of pyridine rings is 2. The van der Waals surface area contributed by atoms with Gasteiger partial charge < -0.3 is 10.0 Å². The Bertz CT molecular complexity index is 754. The molecule has 4 rings (SSSR count). The average Bonchev–Trinajstić information content (AvgIpc) is 2.87. The van der Waals surface area contributed by atoms with Crippen molar-refractivity contribution in [3.8, 4) is 0 Å². The smallest absolute Gasteiger partial charge is 0.272 e. The minimum Gasteiger partial charge on any atom is -0.385 e. The van der Waals surface area contributed by atoms with E-state index in [1.807, 2.05) is 4.90 Å². The molecule has 2 bridgehead atoms. The number of aromatic nitrogens is 2. The fraction of sp³-hybridized carbons (Fsp3) is 0.389. The topological polar surface area (TPSA) is 66.3 Å². The van der Waals surface area contributed by atoms with E-state index in [-0.39, 0.29) is 23.6 Å². The number of piperidine rings is 1. The highest BCUT2D eigenvalue weighted by Crippen LogP contribution is 2.46. The molecule has 0 radical (unpaired) electrons. The van der Waals surface area contributed by atoms with Gasteiger partial charge in [-0.3, -0.25) is 9.78 Å². The summed E-state index contributed by atoms with van der Waals surface area (Å²) in [5.74, 6) is -0.749. The number of fused-ring (bicyclic) bond motifs is 2. The van der Waals surface area contributed by atoms with Crippen molar-refractivity contribution in [2.75, 3.05) is 0 Å². The molecule has 2 aromatic rings. The van der Waals surface area contributed by atoms with Crippen LogP contribution in [0.2, 0.25) is 0 Å². The lowest BCUT2D eigenvalue weighted by molar-refractivity contribution is -0.0505. The van der Waals surface area contributed by atoms with Crippen LogP contribution in [-0.2, 0) is 5.60 Å². The molecule has 2 aliphatic rings. The summed E-state index contributed by atoms with van der Waals surface area (Å²) in [7, 11) is 0. The molecule has 1 unspecified atom stereocenters. The molecule has 124 valence electrons. The van der Waals surface area contributed by atoms with E-state index in [0.29, 0.717) is 18.5 Å². The third-order valence-corrected chi connectivity index (χ3v) is 5.15. The molecule has 2 aliphatic heterocycles. The summed E-state index contributed by atoms with van der Waals surface area (Å²) in [5, 5.41) is 11.0. The Morgan fingerprint density at radius 3 is 2.46 bits per heavy atom. The van der Waals surface area contributed by atoms with Crippen molar-refractivity contribution >= 4 is 5.91 Å². The van der Waals surface area contributed by atoms with Crippen LogP contribution in [0, 0.1) is 5.95 Å². The van der Waals surface area contributed by atoms with Gasteiger partial charge in [0.05, 0.1) is 5.60 Å². The predicted octanol–water partition coefficient (Wildman–Crippen LogP) is 2.27. The van der Waals surface area contributed by atoms with E-state index in [0.717, 1.165) is 12.8 Å². The minimum atomic E-state index is -1.27. The second-order valence-electron chi connectivity index (χ2n) is 6.59. The van der Waals surface area contributed by atoms with Crippen LogP contribution in [0.1, 0.15) is 41.7 Å². The van der Waals surface area contributed by atoms with Gasteiger partial charge in [-0.05, 0) is 31.0 Å². The van der Waals surface area contributed by atoms with E-state index in [1.54, 1.807) is 36.5 Å². The molecule has 5 nitrogen and oxygen atoms in total. The minimum absolute atomic E-state index is 0.108. The molecular weight excluding hydrogens is 309 g/mol. The number of nitrogens with zero attached hydrogens (tertiary/aromatic N) is 3. The Morgan fingerprint density at radius 2 is 1.83 bits per heavy atom. The highest BCUT2D eigenvalue weighted by atomic mass is 19.1. The number of hydrogen-bond donors (Lipinski definition) is 1. The monoisotopic (exact) mass is 327 g/mol. The van der Waals surface area contributed by atoms with Crippen LogP contribution in [0.15, 0.2) is 42.7 Å². The molecular formula is C18H18FN3O2. The van der Waals surface area contributed by atoms with Crippen LogP contribution < -0.4 is 0 Å². The lowest BCUT2D eigenvalue weighted by atomic mass is 9.81. The fourth-order valence-electron chi connectivity index (χ4n) is 4.13. The zero-order valence-corrected chi connectivity index (χ0v) is 13.1. The second-order valence-corrected chi connectivity index (χ2v) is 6.59. The molecule has 4 heterocycles. The van der Waals surface area contributed by atoms with E-state index in [4.69, 9.17) is 0 Å². The van der Waals surface area contributed by atoms with Crippen molar-refractivity contribution in [1.82, 2.24) is 14.9 Å². The van der Waals surface area contributed by atoms with Crippen LogP contribution in [0.25, 0.3) is 0 Å². The van der Waals surface area contributed by atoms with Crippen molar-refractivity contribution in [2.24, 2.45) is 0 Å². The van der Waals surface area contributed by atoms with Crippen molar-refractivity contribution < 1.29 is 14.3 Å². The maximum Gasteiger partial charge on any atom is 0.272 e.